The van der Waals surface area contributed by atoms with Gasteiger partial charge in [0.15, 0.2) is 0 Å². The summed E-state index contributed by atoms with van der Waals surface area (Å²) in [6.45, 7) is 1.82. The molecule has 0 N–H and O–H groups in total. The van der Waals surface area contributed by atoms with Gasteiger partial charge in [-0.25, -0.2) is 8.78 Å². The Bertz CT molecular complexity index is 466. The second kappa shape index (κ2) is 6.46. The molecule has 116 valence electrons. The Kier molecular flexibility index (Phi) is 4.61. The molecule has 21 heavy (non-hydrogen) atoms. The molecule has 0 spiro atoms. The van der Waals surface area contributed by atoms with Gasteiger partial charge in [0.05, 0.1) is 0 Å². The van der Waals surface area contributed by atoms with Crippen LogP contribution >= 0.6 is 0 Å². The summed E-state index contributed by atoms with van der Waals surface area (Å²) in [6, 6.07) is 5.73. The van der Waals surface area contributed by atoms with E-state index in [1.807, 2.05) is 13.0 Å². The first-order valence-electron chi connectivity index (χ1n) is 8.53. The van der Waals surface area contributed by atoms with Gasteiger partial charge in [0.2, 0.25) is 0 Å². The highest BCUT2D eigenvalue weighted by molar-refractivity contribution is 5.26. The average Bonchev–Trinajstić information content (AvgIpc) is 2.51. The molecule has 0 aliphatic heterocycles. The number of rotatable bonds is 2. The average molecular weight is 292 g/mol. The van der Waals surface area contributed by atoms with Gasteiger partial charge in [-0.05, 0) is 93.2 Å². The molecule has 0 saturated heterocycles. The largest absolute Gasteiger partial charge is 0.247 e. The first-order chi connectivity index (χ1) is 10.1. The van der Waals surface area contributed by atoms with E-state index in [4.69, 9.17) is 0 Å². The second-order valence-electron chi connectivity index (χ2n) is 7.13. The zero-order valence-corrected chi connectivity index (χ0v) is 13.0. The normalized spacial score (nSPS) is 33.9. The zero-order chi connectivity index (χ0) is 14.8. The highest BCUT2D eigenvalue weighted by atomic mass is 19.1. The molecule has 0 aromatic heterocycles. The fourth-order valence-electron chi connectivity index (χ4n) is 4.34. The quantitative estimate of drug-likeness (QED) is 0.633. The molecule has 0 atom stereocenters. The number of halogens is 2. The first-order valence-corrected chi connectivity index (χ1v) is 8.53. The molecule has 3 rings (SSSR count). The summed E-state index contributed by atoms with van der Waals surface area (Å²) in [5, 5.41) is 0. The van der Waals surface area contributed by atoms with Crippen molar-refractivity contribution in [3.05, 3.63) is 35.1 Å². The standard InChI is InChI=1S/C19H26F2/c1-13-2-3-17(12-19(13)21)16-6-4-14(5-7-16)15-8-10-18(20)11-9-15/h2-3,12,14-16,18H,4-11H2,1H3. The van der Waals surface area contributed by atoms with Crippen LogP contribution in [0.2, 0.25) is 0 Å². The summed E-state index contributed by atoms with van der Waals surface area (Å²) < 4.78 is 26.9. The smallest absolute Gasteiger partial charge is 0.126 e. The lowest BCUT2D eigenvalue weighted by molar-refractivity contribution is 0.138. The topological polar surface area (TPSA) is 0 Å². The molecule has 2 fully saturated rings. The predicted molar refractivity (Wildman–Crippen MR) is 82.7 cm³/mol. The summed E-state index contributed by atoms with van der Waals surface area (Å²) in [6.07, 6.45) is 7.97. The maximum atomic E-state index is 13.7. The van der Waals surface area contributed by atoms with Gasteiger partial charge >= 0.3 is 0 Å². The minimum Gasteiger partial charge on any atom is -0.247 e. The van der Waals surface area contributed by atoms with Crippen molar-refractivity contribution >= 4 is 0 Å². The van der Waals surface area contributed by atoms with Gasteiger partial charge in [0, 0.05) is 0 Å². The van der Waals surface area contributed by atoms with Crippen LogP contribution in [0.3, 0.4) is 0 Å². The van der Waals surface area contributed by atoms with E-state index < -0.39 is 6.17 Å². The maximum absolute atomic E-state index is 13.7. The summed E-state index contributed by atoms with van der Waals surface area (Å²) in [7, 11) is 0. The molecule has 0 nitrogen and oxygen atoms in total. The molecular weight excluding hydrogens is 266 g/mol. The van der Waals surface area contributed by atoms with E-state index >= 15 is 0 Å². The molecule has 0 unspecified atom stereocenters. The number of aryl methyl sites for hydroxylation is 1. The molecule has 2 saturated carbocycles. The van der Waals surface area contributed by atoms with Crippen molar-refractivity contribution in [1.82, 2.24) is 0 Å². The molecule has 0 radical (unpaired) electrons. The third kappa shape index (κ3) is 3.46. The molecule has 0 heterocycles. The first kappa shape index (κ1) is 15.0. The number of hydrogen-bond acceptors (Lipinski definition) is 0. The van der Waals surface area contributed by atoms with E-state index in [0.717, 1.165) is 43.1 Å². The van der Waals surface area contributed by atoms with Crippen LogP contribution in [0.5, 0.6) is 0 Å². The van der Waals surface area contributed by atoms with Crippen molar-refractivity contribution in [2.45, 2.75) is 70.4 Å². The van der Waals surface area contributed by atoms with Gasteiger partial charge in [0.25, 0.3) is 0 Å². The van der Waals surface area contributed by atoms with Crippen LogP contribution in [0.1, 0.15) is 68.4 Å². The van der Waals surface area contributed by atoms with Crippen molar-refractivity contribution < 1.29 is 8.78 Å². The van der Waals surface area contributed by atoms with E-state index in [-0.39, 0.29) is 5.82 Å². The van der Waals surface area contributed by atoms with Crippen LogP contribution in [0.25, 0.3) is 0 Å². The van der Waals surface area contributed by atoms with Crippen molar-refractivity contribution in [1.29, 1.82) is 0 Å². The Morgan fingerprint density at radius 2 is 1.43 bits per heavy atom. The molecule has 2 heteroatoms. The lowest BCUT2D eigenvalue weighted by atomic mass is 9.69. The molecule has 0 amide bonds. The van der Waals surface area contributed by atoms with Crippen LogP contribution in [0, 0.1) is 24.6 Å². The van der Waals surface area contributed by atoms with E-state index in [0.29, 0.717) is 5.92 Å². The SMILES string of the molecule is Cc1ccc(C2CCC(C3CCC(F)CC3)CC2)cc1F. The number of hydrogen-bond donors (Lipinski definition) is 0. The van der Waals surface area contributed by atoms with E-state index in [1.54, 1.807) is 6.07 Å². The van der Waals surface area contributed by atoms with Crippen molar-refractivity contribution in [3.63, 3.8) is 0 Å². The maximum Gasteiger partial charge on any atom is 0.126 e. The third-order valence-electron chi connectivity index (χ3n) is 5.81. The molecule has 2 aliphatic rings. The highest BCUT2D eigenvalue weighted by Crippen LogP contribution is 2.43. The third-order valence-corrected chi connectivity index (χ3v) is 5.81. The van der Waals surface area contributed by atoms with Crippen LogP contribution in [-0.2, 0) is 0 Å². The van der Waals surface area contributed by atoms with E-state index in [9.17, 15) is 8.78 Å². The van der Waals surface area contributed by atoms with Crippen molar-refractivity contribution in [3.8, 4) is 0 Å². The number of benzene rings is 1. The lowest BCUT2D eigenvalue weighted by Crippen LogP contribution is -2.25. The summed E-state index contributed by atoms with van der Waals surface area (Å²) in [5.74, 6) is 1.97. The minimum atomic E-state index is -0.548. The summed E-state index contributed by atoms with van der Waals surface area (Å²) in [5.41, 5.74) is 1.90. The van der Waals surface area contributed by atoms with E-state index in [1.165, 1.54) is 31.2 Å². The zero-order valence-electron chi connectivity index (χ0n) is 13.0. The predicted octanol–water partition coefficient (Wildman–Crippen LogP) is 5.94. The molecule has 1 aromatic carbocycles. The number of alkyl halides is 1. The van der Waals surface area contributed by atoms with Crippen molar-refractivity contribution in [2.24, 2.45) is 11.8 Å². The molecule has 1 aromatic rings. The highest BCUT2D eigenvalue weighted by Gasteiger charge is 2.31. The monoisotopic (exact) mass is 292 g/mol. The molecular formula is C19H26F2. The molecule has 2 aliphatic carbocycles. The Labute approximate surface area is 126 Å². The second-order valence-corrected chi connectivity index (χ2v) is 7.13. The van der Waals surface area contributed by atoms with Gasteiger partial charge in [0.1, 0.15) is 12.0 Å². The Morgan fingerprint density at radius 1 is 0.857 bits per heavy atom. The summed E-state index contributed by atoms with van der Waals surface area (Å²) >= 11 is 0. The van der Waals surface area contributed by atoms with Crippen LogP contribution in [0.4, 0.5) is 8.78 Å². The fourth-order valence-corrected chi connectivity index (χ4v) is 4.34. The Morgan fingerprint density at radius 3 is 2.00 bits per heavy atom. The fraction of sp³-hybridized carbons (Fsp3) is 0.684. The minimum absolute atomic E-state index is 0.0732. The molecule has 0 bridgehead atoms. The Hall–Kier alpha value is -0.920. The van der Waals surface area contributed by atoms with Gasteiger partial charge in [-0.1, -0.05) is 12.1 Å². The van der Waals surface area contributed by atoms with Gasteiger partial charge in [-0.3, -0.25) is 0 Å². The summed E-state index contributed by atoms with van der Waals surface area (Å²) in [4.78, 5) is 0. The van der Waals surface area contributed by atoms with Gasteiger partial charge in [-0.2, -0.15) is 0 Å². The Balaban J connectivity index is 1.56. The van der Waals surface area contributed by atoms with E-state index in [2.05, 4.69) is 6.07 Å². The lowest BCUT2D eigenvalue weighted by Gasteiger charge is -2.36. The van der Waals surface area contributed by atoms with Crippen molar-refractivity contribution in [2.75, 3.05) is 0 Å². The van der Waals surface area contributed by atoms with Gasteiger partial charge < -0.3 is 0 Å². The van der Waals surface area contributed by atoms with Crippen LogP contribution < -0.4 is 0 Å². The van der Waals surface area contributed by atoms with Gasteiger partial charge in [-0.15, -0.1) is 0 Å². The van der Waals surface area contributed by atoms with Crippen LogP contribution in [0.15, 0.2) is 18.2 Å². The van der Waals surface area contributed by atoms with Crippen LogP contribution in [-0.4, -0.2) is 6.17 Å².